The number of primary amides is 1. The number of hydrogen-bond donors (Lipinski definition) is 3. The van der Waals surface area contributed by atoms with E-state index in [4.69, 9.17) is 10.5 Å². The number of nitrogens with two attached hydrogens (primary N) is 1. The molecule has 0 bridgehead atoms. The third kappa shape index (κ3) is 5.00. The van der Waals surface area contributed by atoms with Gasteiger partial charge in [-0.2, -0.15) is 0 Å². The first-order chi connectivity index (χ1) is 10.0. The summed E-state index contributed by atoms with van der Waals surface area (Å²) in [5.74, 6) is -1.72. The lowest BCUT2D eigenvalue weighted by Gasteiger charge is -2.24. The highest BCUT2D eigenvalue weighted by Crippen LogP contribution is 2.20. The topological polar surface area (TPSA) is 102 Å². The predicted molar refractivity (Wildman–Crippen MR) is 78.7 cm³/mol. The molecule has 0 spiro atoms. The maximum atomic E-state index is 13.7. The van der Waals surface area contributed by atoms with Gasteiger partial charge in [-0.25, -0.2) is 9.18 Å². The van der Waals surface area contributed by atoms with Gasteiger partial charge in [-0.15, -0.1) is 0 Å². The molecule has 0 heterocycles. The number of hydrogen-bond acceptors (Lipinski definition) is 4. The van der Waals surface area contributed by atoms with E-state index in [1.165, 1.54) is 12.1 Å². The van der Waals surface area contributed by atoms with Gasteiger partial charge in [0.25, 0.3) is 5.91 Å². The normalized spacial score (nSPS) is 14.1. The summed E-state index contributed by atoms with van der Waals surface area (Å²) in [4.78, 5) is 22.6. The van der Waals surface area contributed by atoms with Crippen molar-refractivity contribution in [3.05, 3.63) is 35.1 Å². The van der Waals surface area contributed by atoms with Gasteiger partial charge in [0.1, 0.15) is 11.4 Å². The van der Waals surface area contributed by atoms with Gasteiger partial charge in [0.2, 0.25) is 0 Å². The van der Waals surface area contributed by atoms with Crippen LogP contribution in [-0.4, -0.2) is 28.7 Å². The van der Waals surface area contributed by atoms with E-state index in [9.17, 15) is 19.1 Å². The number of benzene rings is 1. The van der Waals surface area contributed by atoms with Crippen molar-refractivity contribution in [3.8, 4) is 0 Å². The number of carbonyl (C=O) groups is 2. The second-order valence-corrected chi connectivity index (χ2v) is 5.98. The number of rotatable bonds is 4. The SMILES string of the molecule is C[C@H](NC(=O)OC(C)(C)C)C(O)c1ccc(C(N)=O)c(F)c1. The van der Waals surface area contributed by atoms with E-state index in [0.717, 1.165) is 6.07 Å². The molecule has 0 fully saturated rings. The van der Waals surface area contributed by atoms with Crippen molar-refractivity contribution in [2.75, 3.05) is 0 Å². The summed E-state index contributed by atoms with van der Waals surface area (Å²) in [5, 5.41) is 12.6. The molecule has 1 aromatic carbocycles. The molecule has 0 aliphatic heterocycles. The third-order valence-electron chi connectivity index (χ3n) is 2.82. The first kappa shape index (κ1) is 17.9. The van der Waals surface area contributed by atoms with Crippen LogP contribution >= 0.6 is 0 Å². The van der Waals surface area contributed by atoms with Gasteiger partial charge in [-0.1, -0.05) is 6.07 Å². The van der Waals surface area contributed by atoms with E-state index in [1.807, 2.05) is 0 Å². The summed E-state index contributed by atoms with van der Waals surface area (Å²) in [7, 11) is 0. The van der Waals surface area contributed by atoms with Gasteiger partial charge in [0.05, 0.1) is 17.7 Å². The fourth-order valence-corrected chi connectivity index (χ4v) is 1.78. The largest absolute Gasteiger partial charge is 0.444 e. The summed E-state index contributed by atoms with van der Waals surface area (Å²) in [5.41, 5.74) is 4.30. The predicted octanol–water partition coefficient (Wildman–Crippen LogP) is 1.87. The van der Waals surface area contributed by atoms with Gasteiger partial charge < -0.3 is 20.9 Å². The lowest BCUT2D eigenvalue weighted by atomic mass is 10.0. The second-order valence-electron chi connectivity index (χ2n) is 5.98. The van der Waals surface area contributed by atoms with Crippen molar-refractivity contribution >= 4 is 12.0 Å². The van der Waals surface area contributed by atoms with Gasteiger partial charge in [0.15, 0.2) is 0 Å². The van der Waals surface area contributed by atoms with Gasteiger partial charge in [-0.3, -0.25) is 4.79 Å². The van der Waals surface area contributed by atoms with Crippen LogP contribution in [0.25, 0.3) is 0 Å². The number of aliphatic hydroxyl groups excluding tert-OH is 1. The van der Waals surface area contributed by atoms with Crippen LogP contribution in [-0.2, 0) is 4.74 Å². The van der Waals surface area contributed by atoms with Gasteiger partial charge in [-0.05, 0) is 45.4 Å². The molecule has 7 heteroatoms. The van der Waals surface area contributed by atoms with E-state index in [1.54, 1.807) is 27.7 Å². The van der Waals surface area contributed by atoms with Crippen molar-refractivity contribution in [3.63, 3.8) is 0 Å². The maximum absolute atomic E-state index is 13.7. The molecule has 0 aliphatic rings. The molecule has 1 aromatic rings. The highest BCUT2D eigenvalue weighted by molar-refractivity contribution is 5.93. The molecule has 4 N–H and O–H groups in total. The molecule has 0 aromatic heterocycles. The summed E-state index contributed by atoms with van der Waals surface area (Å²) in [6.07, 6.45) is -1.85. The molecule has 6 nitrogen and oxygen atoms in total. The Morgan fingerprint density at radius 3 is 2.41 bits per heavy atom. The summed E-state index contributed by atoms with van der Waals surface area (Å²) in [6, 6.07) is 2.86. The molecule has 0 aliphatic carbocycles. The Kier molecular flexibility index (Phi) is 5.48. The molecule has 122 valence electrons. The fraction of sp³-hybridized carbons (Fsp3) is 0.467. The zero-order valence-corrected chi connectivity index (χ0v) is 13.0. The van der Waals surface area contributed by atoms with Crippen LogP contribution in [0.2, 0.25) is 0 Å². The number of carbonyl (C=O) groups excluding carboxylic acids is 2. The fourth-order valence-electron chi connectivity index (χ4n) is 1.78. The van der Waals surface area contributed by atoms with Gasteiger partial charge >= 0.3 is 6.09 Å². The molecule has 0 saturated carbocycles. The zero-order valence-electron chi connectivity index (χ0n) is 13.0. The minimum Gasteiger partial charge on any atom is -0.444 e. The van der Waals surface area contributed by atoms with Crippen LogP contribution < -0.4 is 11.1 Å². The Morgan fingerprint density at radius 1 is 1.36 bits per heavy atom. The minimum absolute atomic E-state index is 0.214. The van der Waals surface area contributed by atoms with Crippen LogP contribution in [0.15, 0.2) is 18.2 Å². The van der Waals surface area contributed by atoms with Crippen LogP contribution in [0.4, 0.5) is 9.18 Å². The van der Waals surface area contributed by atoms with Crippen molar-refractivity contribution in [1.29, 1.82) is 0 Å². The second kappa shape index (κ2) is 6.74. The van der Waals surface area contributed by atoms with E-state index in [-0.39, 0.29) is 11.1 Å². The molecule has 0 radical (unpaired) electrons. The first-order valence-electron chi connectivity index (χ1n) is 6.78. The number of alkyl carbamates (subject to hydrolysis) is 1. The molecule has 2 amide bonds. The molecular weight excluding hydrogens is 291 g/mol. The summed E-state index contributed by atoms with van der Waals surface area (Å²) < 4.78 is 18.8. The molecule has 1 unspecified atom stereocenters. The zero-order chi connectivity index (χ0) is 17.1. The van der Waals surface area contributed by atoms with Crippen molar-refractivity contribution in [2.24, 2.45) is 5.73 Å². The number of nitrogens with one attached hydrogen (secondary N) is 1. The Bertz CT molecular complexity index is 569. The molecule has 1 rings (SSSR count). The van der Waals surface area contributed by atoms with Crippen LogP contribution in [0.3, 0.4) is 0 Å². The van der Waals surface area contributed by atoms with Crippen molar-refractivity contribution < 1.29 is 23.8 Å². The number of halogens is 1. The number of aliphatic hydroxyl groups is 1. The third-order valence-corrected chi connectivity index (χ3v) is 2.82. The van der Waals surface area contributed by atoms with Crippen molar-refractivity contribution in [1.82, 2.24) is 5.32 Å². The molecular formula is C15H21FN2O4. The lowest BCUT2D eigenvalue weighted by Crippen LogP contribution is -2.40. The Morgan fingerprint density at radius 2 is 1.95 bits per heavy atom. The first-order valence-corrected chi connectivity index (χ1v) is 6.78. The number of ether oxygens (including phenoxy) is 1. The average molecular weight is 312 g/mol. The Labute approximate surface area is 128 Å². The van der Waals surface area contributed by atoms with Crippen LogP contribution in [0.1, 0.15) is 49.7 Å². The molecule has 22 heavy (non-hydrogen) atoms. The summed E-state index contributed by atoms with van der Waals surface area (Å²) >= 11 is 0. The van der Waals surface area contributed by atoms with E-state index >= 15 is 0 Å². The highest BCUT2D eigenvalue weighted by atomic mass is 19.1. The monoisotopic (exact) mass is 312 g/mol. The molecule has 0 saturated heterocycles. The highest BCUT2D eigenvalue weighted by Gasteiger charge is 2.23. The van der Waals surface area contributed by atoms with E-state index < -0.39 is 35.6 Å². The van der Waals surface area contributed by atoms with Crippen LogP contribution in [0, 0.1) is 5.82 Å². The van der Waals surface area contributed by atoms with Crippen molar-refractivity contribution in [2.45, 2.75) is 45.4 Å². The Hall–Kier alpha value is -2.15. The molecule has 2 atom stereocenters. The van der Waals surface area contributed by atoms with Crippen LogP contribution in [0.5, 0.6) is 0 Å². The smallest absolute Gasteiger partial charge is 0.407 e. The minimum atomic E-state index is -1.16. The standard InChI is InChI=1S/C15H21FN2O4/c1-8(18-14(21)22-15(2,3)4)12(19)9-5-6-10(13(17)20)11(16)7-9/h5-8,12,19H,1-4H3,(H2,17,20)(H,18,21)/t8-,12?/m0/s1. The maximum Gasteiger partial charge on any atom is 0.407 e. The average Bonchev–Trinajstić information content (AvgIpc) is 2.34. The number of amides is 2. The lowest BCUT2D eigenvalue weighted by molar-refractivity contribution is 0.0435. The van der Waals surface area contributed by atoms with E-state index in [0.29, 0.717) is 0 Å². The quantitative estimate of drug-likeness (QED) is 0.790. The summed E-state index contributed by atoms with van der Waals surface area (Å²) in [6.45, 7) is 6.69. The van der Waals surface area contributed by atoms with E-state index in [2.05, 4.69) is 5.32 Å². The Balaban J connectivity index is 2.79. The van der Waals surface area contributed by atoms with Gasteiger partial charge in [0, 0.05) is 0 Å².